The second kappa shape index (κ2) is 7.35. The molecule has 0 radical (unpaired) electrons. The summed E-state index contributed by atoms with van der Waals surface area (Å²) in [6.07, 6.45) is 0.541. The van der Waals surface area contributed by atoms with E-state index in [4.69, 9.17) is 0 Å². The first-order valence-corrected chi connectivity index (χ1v) is 9.98. The number of hydrogen-bond donors (Lipinski definition) is 2. The number of nitrogens with one attached hydrogen (secondary N) is 2. The Hall–Kier alpha value is -3.15. The summed E-state index contributed by atoms with van der Waals surface area (Å²) in [6, 6.07) is 16.9. The van der Waals surface area contributed by atoms with Crippen LogP contribution in [-0.4, -0.2) is 35.7 Å². The van der Waals surface area contributed by atoms with Crippen molar-refractivity contribution in [3.63, 3.8) is 0 Å². The maximum Gasteiger partial charge on any atom is 0.242 e. The molecule has 6 nitrogen and oxygen atoms in total. The van der Waals surface area contributed by atoms with E-state index in [1.165, 1.54) is 0 Å². The molecule has 0 aliphatic carbocycles. The van der Waals surface area contributed by atoms with Crippen molar-refractivity contribution in [2.24, 2.45) is 5.92 Å². The van der Waals surface area contributed by atoms with Crippen LogP contribution in [0.15, 0.2) is 54.6 Å². The SMILES string of the molecule is CC(C)C(=O)NCC(=O)N1CC[C@]2(C(=O)Nc3ccccc32)[C@@H]1c1ccccc1. The van der Waals surface area contributed by atoms with Gasteiger partial charge in [-0.1, -0.05) is 62.4 Å². The van der Waals surface area contributed by atoms with Gasteiger partial charge in [0.2, 0.25) is 17.7 Å². The molecule has 2 aromatic rings. The van der Waals surface area contributed by atoms with E-state index >= 15 is 0 Å². The predicted octanol–water partition coefficient (Wildman–Crippen LogP) is 2.62. The van der Waals surface area contributed by atoms with E-state index in [2.05, 4.69) is 10.6 Å². The topological polar surface area (TPSA) is 78.5 Å². The van der Waals surface area contributed by atoms with Gasteiger partial charge in [0, 0.05) is 18.2 Å². The first-order valence-electron chi connectivity index (χ1n) is 9.98. The Morgan fingerprint density at radius 2 is 1.83 bits per heavy atom. The number of fused-ring (bicyclic) bond motifs is 2. The van der Waals surface area contributed by atoms with Crippen molar-refractivity contribution in [2.45, 2.75) is 31.7 Å². The molecule has 2 heterocycles. The summed E-state index contributed by atoms with van der Waals surface area (Å²) in [5, 5.41) is 5.72. The molecule has 1 fully saturated rings. The average molecular weight is 391 g/mol. The zero-order chi connectivity index (χ0) is 20.6. The van der Waals surface area contributed by atoms with E-state index in [9.17, 15) is 14.4 Å². The van der Waals surface area contributed by atoms with Gasteiger partial charge in [-0.2, -0.15) is 0 Å². The molecule has 4 rings (SSSR count). The van der Waals surface area contributed by atoms with Crippen LogP contribution in [0.25, 0.3) is 0 Å². The quantitative estimate of drug-likeness (QED) is 0.841. The molecule has 2 aromatic carbocycles. The van der Waals surface area contributed by atoms with Gasteiger partial charge in [0.05, 0.1) is 12.6 Å². The van der Waals surface area contributed by atoms with E-state index in [0.29, 0.717) is 13.0 Å². The van der Waals surface area contributed by atoms with Gasteiger partial charge < -0.3 is 15.5 Å². The Morgan fingerprint density at radius 1 is 1.14 bits per heavy atom. The van der Waals surface area contributed by atoms with Crippen LogP contribution in [0.5, 0.6) is 0 Å². The predicted molar refractivity (Wildman–Crippen MR) is 110 cm³/mol. The molecule has 2 aliphatic heterocycles. The van der Waals surface area contributed by atoms with Gasteiger partial charge in [-0.25, -0.2) is 0 Å². The van der Waals surface area contributed by atoms with E-state index < -0.39 is 11.5 Å². The van der Waals surface area contributed by atoms with Crippen LogP contribution in [0, 0.1) is 5.92 Å². The Balaban J connectivity index is 1.72. The number of likely N-dealkylation sites (tertiary alicyclic amines) is 1. The molecule has 2 atom stereocenters. The molecule has 3 amide bonds. The van der Waals surface area contributed by atoms with Crippen LogP contribution in [0.3, 0.4) is 0 Å². The highest BCUT2D eigenvalue weighted by molar-refractivity contribution is 6.07. The molecule has 0 unspecified atom stereocenters. The number of anilines is 1. The minimum absolute atomic E-state index is 0.0697. The first kappa shape index (κ1) is 19.2. The fourth-order valence-electron chi connectivity index (χ4n) is 4.52. The summed E-state index contributed by atoms with van der Waals surface area (Å²) in [5.41, 5.74) is 1.83. The van der Waals surface area contributed by atoms with Gasteiger partial charge in [0.25, 0.3) is 0 Å². The molecule has 2 N–H and O–H groups in total. The Morgan fingerprint density at radius 3 is 2.55 bits per heavy atom. The number of nitrogens with zero attached hydrogens (tertiary/aromatic N) is 1. The van der Waals surface area contributed by atoms with Crippen molar-refractivity contribution in [3.8, 4) is 0 Å². The number of hydrogen-bond acceptors (Lipinski definition) is 3. The lowest BCUT2D eigenvalue weighted by atomic mass is 9.72. The van der Waals surface area contributed by atoms with Crippen LogP contribution in [0.4, 0.5) is 5.69 Å². The van der Waals surface area contributed by atoms with Crippen molar-refractivity contribution in [2.75, 3.05) is 18.4 Å². The van der Waals surface area contributed by atoms with Crippen LogP contribution in [-0.2, 0) is 19.8 Å². The highest BCUT2D eigenvalue weighted by Gasteiger charge is 2.59. The zero-order valence-corrected chi connectivity index (χ0v) is 16.6. The second-order valence-electron chi connectivity index (χ2n) is 7.99. The molecule has 0 aromatic heterocycles. The molecule has 1 saturated heterocycles. The van der Waals surface area contributed by atoms with E-state index in [-0.39, 0.29) is 30.2 Å². The summed E-state index contributed by atoms with van der Waals surface area (Å²) >= 11 is 0. The molecule has 1 spiro atoms. The summed E-state index contributed by atoms with van der Waals surface area (Å²) in [4.78, 5) is 40.0. The number of para-hydroxylation sites is 1. The third-order valence-corrected chi connectivity index (χ3v) is 5.96. The van der Waals surface area contributed by atoms with Crippen molar-refractivity contribution >= 4 is 23.4 Å². The largest absolute Gasteiger partial charge is 0.347 e. The zero-order valence-electron chi connectivity index (χ0n) is 16.6. The summed E-state index contributed by atoms with van der Waals surface area (Å²) < 4.78 is 0. The maximum atomic E-state index is 13.2. The Kier molecular flexibility index (Phi) is 4.86. The van der Waals surface area contributed by atoms with Crippen LogP contribution >= 0.6 is 0 Å². The molecule has 0 saturated carbocycles. The van der Waals surface area contributed by atoms with Gasteiger partial charge in [-0.05, 0) is 23.6 Å². The summed E-state index contributed by atoms with van der Waals surface area (Å²) in [6.45, 7) is 3.96. The van der Waals surface area contributed by atoms with Crippen molar-refractivity contribution in [1.82, 2.24) is 10.2 Å². The lowest BCUT2D eigenvalue weighted by Gasteiger charge is -2.34. The van der Waals surface area contributed by atoms with E-state index in [1.807, 2.05) is 54.6 Å². The summed E-state index contributed by atoms with van der Waals surface area (Å²) in [5.74, 6) is -0.603. The minimum atomic E-state index is -0.824. The molecule has 0 bridgehead atoms. The van der Waals surface area contributed by atoms with Gasteiger partial charge >= 0.3 is 0 Å². The monoisotopic (exact) mass is 391 g/mol. The van der Waals surface area contributed by atoms with Crippen LogP contribution < -0.4 is 10.6 Å². The molecular formula is C23H25N3O3. The standard InChI is InChI=1S/C23H25N3O3/c1-15(2)21(28)24-14-19(27)26-13-12-23(20(26)16-8-4-3-5-9-16)17-10-6-7-11-18(17)25-22(23)29/h3-11,15,20H,12-14H2,1-2H3,(H,24,28)(H,25,29)/t20-,23+/m0/s1. The van der Waals surface area contributed by atoms with Crippen molar-refractivity contribution in [1.29, 1.82) is 0 Å². The molecule has 150 valence electrons. The van der Waals surface area contributed by atoms with Crippen molar-refractivity contribution in [3.05, 3.63) is 65.7 Å². The molecular weight excluding hydrogens is 366 g/mol. The average Bonchev–Trinajstić information content (AvgIpc) is 3.26. The number of rotatable bonds is 4. The smallest absolute Gasteiger partial charge is 0.242 e. The number of carbonyl (C=O) groups excluding carboxylic acids is 3. The highest BCUT2D eigenvalue weighted by atomic mass is 16.2. The summed E-state index contributed by atoms with van der Waals surface area (Å²) in [7, 11) is 0. The maximum absolute atomic E-state index is 13.2. The van der Waals surface area contributed by atoms with Crippen LogP contribution in [0.2, 0.25) is 0 Å². The number of amides is 3. The van der Waals surface area contributed by atoms with Gasteiger partial charge in [0.15, 0.2) is 0 Å². The van der Waals surface area contributed by atoms with E-state index in [0.717, 1.165) is 16.8 Å². The van der Waals surface area contributed by atoms with E-state index in [1.54, 1.807) is 18.7 Å². The van der Waals surface area contributed by atoms with Gasteiger partial charge in [0.1, 0.15) is 5.41 Å². The third kappa shape index (κ3) is 3.09. The number of carbonyl (C=O) groups is 3. The van der Waals surface area contributed by atoms with Crippen molar-refractivity contribution < 1.29 is 14.4 Å². The van der Waals surface area contributed by atoms with Crippen LogP contribution in [0.1, 0.15) is 37.4 Å². The third-order valence-electron chi connectivity index (χ3n) is 5.96. The molecule has 6 heteroatoms. The highest BCUT2D eigenvalue weighted by Crippen LogP contribution is 2.54. The lowest BCUT2D eigenvalue weighted by Crippen LogP contribution is -2.45. The fourth-order valence-corrected chi connectivity index (χ4v) is 4.52. The second-order valence-corrected chi connectivity index (χ2v) is 7.99. The van der Waals surface area contributed by atoms with Gasteiger partial charge in [-0.3, -0.25) is 14.4 Å². The molecule has 29 heavy (non-hydrogen) atoms. The Bertz CT molecular complexity index is 957. The first-order chi connectivity index (χ1) is 13.9. The lowest BCUT2D eigenvalue weighted by molar-refractivity contribution is -0.135. The normalized spacial score (nSPS) is 22.7. The number of benzene rings is 2. The minimum Gasteiger partial charge on any atom is -0.347 e. The van der Waals surface area contributed by atoms with Gasteiger partial charge in [-0.15, -0.1) is 0 Å². The molecule has 2 aliphatic rings. The fraction of sp³-hybridized carbons (Fsp3) is 0.348. The Labute approximate surface area is 170 Å².